The third-order valence-corrected chi connectivity index (χ3v) is 6.08. The van der Waals surface area contributed by atoms with E-state index in [-0.39, 0.29) is 24.7 Å². The van der Waals surface area contributed by atoms with Crippen LogP contribution in [0.25, 0.3) is 16.9 Å². The van der Waals surface area contributed by atoms with E-state index >= 15 is 0 Å². The predicted molar refractivity (Wildman–Crippen MR) is 124 cm³/mol. The van der Waals surface area contributed by atoms with E-state index in [0.29, 0.717) is 29.1 Å². The number of carbonyl (C=O) groups excluding carboxylic acids is 1. The lowest BCUT2D eigenvalue weighted by Crippen LogP contribution is -2.37. The number of aromatic nitrogens is 3. The highest BCUT2D eigenvalue weighted by Gasteiger charge is 2.24. The Balaban J connectivity index is 1.47. The van der Waals surface area contributed by atoms with Gasteiger partial charge >= 0.3 is 0 Å². The first-order valence-corrected chi connectivity index (χ1v) is 12.0. The molecule has 10 heteroatoms. The number of anilines is 1. The number of amides is 1. The molecule has 0 saturated carbocycles. The number of rotatable bonds is 9. The molecule has 2 atom stereocenters. The number of carbonyl (C=O) groups is 1. The number of benzene rings is 1. The molecule has 0 aliphatic carbocycles. The number of hydrogen-bond donors (Lipinski definition) is 3. The Bertz CT molecular complexity index is 1090. The summed E-state index contributed by atoms with van der Waals surface area (Å²) in [7, 11) is 0. The molecule has 1 aliphatic rings. The number of halogens is 2. The minimum Gasteiger partial charge on any atom is -0.369 e. The molecule has 0 unspecified atom stereocenters. The van der Waals surface area contributed by atoms with E-state index in [1.807, 2.05) is 12.1 Å². The molecular formula is C22H26F2N6OS. The van der Waals surface area contributed by atoms with Gasteiger partial charge in [0.05, 0.1) is 17.5 Å². The van der Waals surface area contributed by atoms with Crippen LogP contribution in [0.1, 0.15) is 23.2 Å². The number of fused-ring (bicyclic) bond motifs is 1. The molecule has 1 amide bonds. The van der Waals surface area contributed by atoms with Gasteiger partial charge in [-0.2, -0.15) is 11.8 Å². The summed E-state index contributed by atoms with van der Waals surface area (Å²) in [6.07, 6.45) is 4.17. The Morgan fingerprint density at radius 2 is 2.22 bits per heavy atom. The summed E-state index contributed by atoms with van der Waals surface area (Å²) in [5.41, 5.74) is 1.78. The van der Waals surface area contributed by atoms with Crippen molar-refractivity contribution in [2.45, 2.75) is 25.1 Å². The van der Waals surface area contributed by atoms with E-state index in [1.54, 1.807) is 28.5 Å². The summed E-state index contributed by atoms with van der Waals surface area (Å²) in [5.74, 6) is 0.624. The van der Waals surface area contributed by atoms with Gasteiger partial charge in [0.1, 0.15) is 17.8 Å². The fourth-order valence-electron chi connectivity index (χ4n) is 3.69. The molecule has 1 aromatic carbocycles. The van der Waals surface area contributed by atoms with E-state index in [9.17, 15) is 13.6 Å². The van der Waals surface area contributed by atoms with Crippen LogP contribution in [0.3, 0.4) is 0 Å². The number of imidazole rings is 1. The molecule has 1 aliphatic heterocycles. The Labute approximate surface area is 189 Å². The lowest BCUT2D eigenvalue weighted by molar-refractivity contribution is 0.0946. The highest BCUT2D eigenvalue weighted by molar-refractivity contribution is 7.98. The van der Waals surface area contributed by atoms with Crippen LogP contribution in [0, 0.1) is 5.82 Å². The van der Waals surface area contributed by atoms with E-state index in [2.05, 4.69) is 32.3 Å². The lowest BCUT2D eigenvalue weighted by Gasteiger charge is -2.12. The van der Waals surface area contributed by atoms with Gasteiger partial charge in [-0.3, -0.25) is 4.79 Å². The van der Waals surface area contributed by atoms with Crippen molar-refractivity contribution in [2.24, 2.45) is 0 Å². The predicted octanol–water partition coefficient (Wildman–Crippen LogP) is 3.13. The molecule has 3 aromatic rings. The van der Waals surface area contributed by atoms with Crippen LogP contribution in [0.15, 0.2) is 36.5 Å². The molecule has 0 spiro atoms. The molecule has 2 aromatic heterocycles. The molecule has 1 saturated heterocycles. The van der Waals surface area contributed by atoms with Gasteiger partial charge in [0.15, 0.2) is 5.65 Å². The van der Waals surface area contributed by atoms with Crippen molar-refractivity contribution >= 4 is 29.1 Å². The standard InChI is InChI=1S/C22H26F2N6OS/c1-32-8-2-7-25-20-5-6-21-27-13-19(30(21)29-20)14-3-4-17(18(24)9-14)22(31)28-12-16-10-15(23)11-26-16/h3-6,9,13,15-16,26H,2,7-8,10-12H2,1H3,(H,25,29)(H,28,31)/t15-,16+/m1/s1. The third-order valence-electron chi connectivity index (χ3n) is 5.38. The van der Waals surface area contributed by atoms with Crippen LogP contribution in [0.5, 0.6) is 0 Å². The topological polar surface area (TPSA) is 83.3 Å². The van der Waals surface area contributed by atoms with Crippen LogP contribution in [-0.4, -0.2) is 64.4 Å². The second-order valence-electron chi connectivity index (χ2n) is 7.75. The van der Waals surface area contributed by atoms with Crippen LogP contribution >= 0.6 is 11.8 Å². The molecule has 1 fully saturated rings. The maximum atomic E-state index is 14.8. The summed E-state index contributed by atoms with van der Waals surface area (Å²) in [6.45, 7) is 1.35. The Morgan fingerprint density at radius 1 is 1.34 bits per heavy atom. The SMILES string of the molecule is CSCCCNc1ccc2ncc(-c3ccc(C(=O)NC[C@@H]4C[C@@H](F)CN4)c(F)c3)n2n1. The third kappa shape index (κ3) is 5.18. The van der Waals surface area contributed by atoms with Gasteiger partial charge in [0.2, 0.25) is 0 Å². The lowest BCUT2D eigenvalue weighted by atomic mass is 10.1. The Hall–Kier alpha value is -2.72. The summed E-state index contributed by atoms with van der Waals surface area (Å²) in [5, 5.41) is 13.5. The monoisotopic (exact) mass is 460 g/mol. The van der Waals surface area contributed by atoms with Crippen molar-refractivity contribution in [2.75, 3.05) is 37.0 Å². The van der Waals surface area contributed by atoms with Crippen LogP contribution in [0.4, 0.5) is 14.6 Å². The summed E-state index contributed by atoms with van der Waals surface area (Å²) >= 11 is 1.80. The number of nitrogens with zero attached hydrogens (tertiary/aromatic N) is 3. The van der Waals surface area contributed by atoms with E-state index in [1.165, 1.54) is 12.1 Å². The van der Waals surface area contributed by atoms with Gasteiger partial charge in [0.25, 0.3) is 5.91 Å². The number of thioether (sulfide) groups is 1. The second-order valence-corrected chi connectivity index (χ2v) is 8.73. The zero-order valence-corrected chi connectivity index (χ0v) is 18.6. The van der Waals surface area contributed by atoms with E-state index < -0.39 is 17.9 Å². The highest BCUT2D eigenvalue weighted by atomic mass is 32.2. The van der Waals surface area contributed by atoms with Gasteiger partial charge in [-0.25, -0.2) is 18.3 Å². The number of alkyl halides is 1. The molecule has 0 bridgehead atoms. The molecule has 3 N–H and O–H groups in total. The van der Waals surface area contributed by atoms with E-state index in [0.717, 1.165) is 18.7 Å². The van der Waals surface area contributed by atoms with Crippen molar-refractivity contribution in [3.63, 3.8) is 0 Å². The highest BCUT2D eigenvalue weighted by Crippen LogP contribution is 2.23. The summed E-state index contributed by atoms with van der Waals surface area (Å²) in [6, 6.07) is 8.01. The van der Waals surface area contributed by atoms with Crippen molar-refractivity contribution < 1.29 is 13.6 Å². The van der Waals surface area contributed by atoms with Crippen molar-refractivity contribution in [3.8, 4) is 11.3 Å². The fourth-order valence-corrected chi connectivity index (χ4v) is 4.13. The van der Waals surface area contributed by atoms with Crippen molar-refractivity contribution in [3.05, 3.63) is 47.9 Å². The molecule has 3 heterocycles. The van der Waals surface area contributed by atoms with Crippen molar-refractivity contribution in [1.82, 2.24) is 25.2 Å². The zero-order chi connectivity index (χ0) is 22.5. The van der Waals surface area contributed by atoms with Crippen LogP contribution in [-0.2, 0) is 0 Å². The first-order valence-electron chi connectivity index (χ1n) is 10.6. The fraction of sp³-hybridized carbons (Fsp3) is 0.409. The van der Waals surface area contributed by atoms with Gasteiger partial charge in [-0.05, 0) is 49.1 Å². The second kappa shape index (κ2) is 10.3. The van der Waals surface area contributed by atoms with Crippen molar-refractivity contribution in [1.29, 1.82) is 0 Å². The molecule has 0 radical (unpaired) electrons. The molecule has 32 heavy (non-hydrogen) atoms. The smallest absolute Gasteiger partial charge is 0.254 e. The molecular weight excluding hydrogens is 434 g/mol. The summed E-state index contributed by atoms with van der Waals surface area (Å²) < 4.78 is 29.7. The Morgan fingerprint density at radius 3 is 2.97 bits per heavy atom. The molecule has 170 valence electrons. The minimum atomic E-state index is -0.905. The first kappa shape index (κ1) is 22.5. The molecule has 4 rings (SSSR count). The molecule has 7 nitrogen and oxygen atoms in total. The normalized spacial score (nSPS) is 18.2. The number of nitrogens with one attached hydrogen (secondary N) is 3. The average Bonchev–Trinajstić information content (AvgIpc) is 3.40. The van der Waals surface area contributed by atoms with Gasteiger partial charge in [-0.15, -0.1) is 5.10 Å². The maximum absolute atomic E-state index is 14.8. The maximum Gasteiger partial charge on any atom is 0.254 e. The van der Waals surface area contributed by atoms with Gasteiger partial charge in [0, 0.05) is 31.2 Å². The van der Waals surface area contributed by atoms with Gasteiger partial charge < -0.3 is 16.0 Å². The largest absolute Gasteiger partial charge is 0.369 e. The van der Waals surface area contributed by atoms with E-state index in [4.69, 9.17) is 0 Å². The quantitative estimate of drug-likeness (QED) is 0.426. The average molecular weight is 461 g/mol. The van der Waals surface area contributed by atoms with Crippen LogP contribution < -0.4 is 16.0 Å². The first-order chi connectivity index (χ1) is 15.5. The Kier molecular flexibility index (Phi) is 7.21. The van der Waals surface area contributed by atoms with Gasteiger partial charge in [-0.1, -0.05) is 6.07 Å². The summed E-state index contributed by atoms with van der Waals surface area (Å²) in [4.78, 5) is 16.7. The van der Waals surface area contributed by atoms with Crippen LogP contribution in [0.2, 0.25) is 0 Å². The number of hydrogen-bond acceptors (Lipinski definition) is 6. The minimum absolute atomic E-state index is 0.0542. The zero-order valence-electron chi connectivity index (χ0n) is 17.8.